The van der Waals surface area contributed by atoms with E-state index in [0.29, 0.717) is 35.1 Å². The van der Waals surface area contributed by atoms with E-state index in [2.05, 4.69) is 15.5 Å². The number of hydrogen-bond donors (Lipinski definition) is 1. The number of hydrogen-bond acceptors (Lipinski definition) is 6. The van der Waals surface area contributed by atoms with Gasteiger partial charge in [0.05, 0.1) is 18.4 Å². The second kappa shape index (κ2) is 7.64. The third-order valence-corrected chi connectivity index (χ3v) is 3.71. The molecule has 3 aromatic rings. The highest BCUT2D eigenvalue weighted by Crippen LogP contribution is 2.23. The Kier molecular flexibility index (Phi) is 5.12. The molecule has 0 saturated heterocycles. The molecule has 134 valence electrons. The van der Waals surface area contributed by atoms with Crippen molar-refractivity contribution in [2.24, 2.45) is 0 Å². The van der Waals surface area contributed by atoms with E-state index in [1.54, 1.807) is 30.3 Å². The lowest BCUT2D eigenvalue weighted by Crippen LogP contribution is -2.27. The summed E-state index contributed by atoms with van der Waals surface area (Å²) in [5, 5.41) is 6.57. The Labute approximate surface area is 149 Å². The molecule has 1 aromatic carbocycles. The summed E-state index contributed by atoms with van der Waals surface area (Å²) >= 11 is 0. The van der Waals surface area contributed by atoms with Crippen molar-refractivity contribution in [3.05, 3.63) is 58.8 Å². The molecule has 8 heteroatoms. The van der Waals surface area contributed by atoms with E-state index in [1.165, 1.54) is 23.9 Å². The monoisotopic (exact) mass is 354 g/mol. The van der Waals surface area contributed by atoms with Crippen molar-refractivity contribution >= 4 is 11.6 Å². The van der Waals surface area contributed by atoms with Crippen LogP contribution in [0.25, 0.3) is 11.5 Å². The van der Waals surface area contributed by atoms with Crippen LogP contribution < -0.4 is 15.6 Å². The maximum atomic E-state index is 12.3. The van der Waals surface area contributed by atoms with E-state index in [-0.39, 0.29) is 18.0 Å². The second-order valence-electron chi connectivity index (χ2n) is 5.50. The highest BCUT2D eigenvalue weighted by atomic mass is 16.5. The first kappa shape index (κ1) is 17.4. The molecule has 8 nitrogen and oxygen atoms in total. The lowest BCUT2D eigenvalue weighted by Gasteiger charge is -2.11. The molecule has 0 atom stereocenters. The molecule has 0 unspecified atom stereocenters. The van der Waals surface area contributed by atoms with Crippen LogP contribution in [0.15, 0.2) is 51.9 Å². The molecular formula is C18H18N4O4. The molecular weight excluding hydrogens is 336 g/mol. The van der Waals surface area contributed by atoms with E-state index in [9.17, 15) is 9.59 Å². The number of carbonyl (C=O) groups excluding carboxylic acids is 1. The van der Waals surface area contributed by atoms with Gasteiger partial charge in [-0.25, -0.2) is 0 Å². The van der Waals surface area contributed by atoms with Crippen LogP contribution in [0.1, 0.15) is 12.7 Å². The summed E-state index contributed by atoms with van der Waals surface area (Å²) < 4.78 is 11.7. The van der Waals surface area contributed by atoms with Crippen LogP contribution in [0, 0.1) is 0 Å². The van der Waals surface area contributed by atoms with Crippen molar-refractivity contribution in [2.75, 3.05) is 12.4 Å². The average molecular weight is 354 g/mol. The molecule has 26 heavy (non-hydrogen) atoms. The molecule has 0 aliphatic carbocycles. The van der Waals surface area contributed by atoms with Gasteiger partial charge in [-0.1, -0.05) is 24.2 Å². The summed E-state index contributed by atoms with van der Waals surface area (Å²) in [4.78, 5) is 28.6. The largest absolute Gasteiger partial charge is 0.495 e. The second-order valence-corrected chi connectivity index (χ2v) is 5.50. The standard InChI is InChI=1S/C18H18N4O4/c1-3-15-20-18(26-21-15)12-8-9-17(24)22(10-12)11-16(23)19-13-6-4-5-7-14(13)25-2/h4-10H,3,11H2,1-2H3,(H,19,23). The van der Waals surface area contributed by atoms with E-state index in [0.717, 1.165) is 0 Å². The predicted molar refractivity (Wildman–Crippen MR) is 95.0 cm³/mol. The molecule has 0 aliphatic heterocycles. The zero-order chi connectivity index (χ0) is 18.5. The molecule has 1 amide bonds. The third kappa shape index (κ3) is 3.80. The highest BCUT2D eigenvalue weighted by molar-refractivity contribution is 5.92. The SMILES string of the molecule is CCc1noc(-c2ccc(=O)n(CC(=O)Nc3ccccc3OC)c2)n1. The van der Waals surface area contributed by atoms with Crippen LogP contribution in [-0.2, 0) is 17.8 Å². The minimum absolute atomic E-state index is 0.153. The van der Waals surface area contributed by atoms with Crippen molar-refractivity contribution in [2.45, 2.75) is 19.9 Å². The summed E-state index contributed by atoms with van der Waals surface area (Å²) in [6.45, 7) is 1.76. The van der Waals surface area contributed by atoms with Crippen molar-refractivity contribution in [1.29, 1.82) is 0 Å². The molecule has 0 saturated carbocycles. The van der Waals surface area contributed by atoms with E-state index < -0.39 is 0 Å². The van der Waals surface area contributed by atoms with Gasteiger partial charge in [0.1, 0.15) is 12.3 Å². The Morgan fingerprint density at radius 1 is 1.27 bits per heavy atom. The van der Waals surface area contributed by atoms with Crippen molar-refractivity contribution in [3.8, 4) is 17.2 Å². The number of aryl methyl sites for hydroxylation is 1. The first-order valence-electron chi connectivity index (χ1n) is 8.07. The topological polar surface area (TPSA) is 99.2 Å². The Balaban J connectivity index is 1.79. The van der Waals surface area contributed by atoms with Crippen LogP contribution in [-0.4, -0.2) is 27.7 Å². The van der Waals surface area contributed by atoms with Crippen molar-refractivity contribution < 1.29 is 14.1 Å². The summed E-state index contributed by atoms with van der Waals surface area (Å²) in [6.07, 6.45) is 2.17. The van der Waals surface area contributed by atoms with Gasteiger partial charge in [-0.2, -0.15) is 4.98 Å². The number of anilines is 1. The number of ether oxygens (including phenoxy) is 1. The number of aromatic nitrogens is 3. The van der Waals surface area contributed by atoms with Gasteiger partial charge >= 0.3 is 0 Å². The molecule has 2 heterocycles. The Morgan fingerprint density at radius 2 is 2.08 bits per heavy atom. The Morgan fingerprint density at radius 3 is 2.81 bits per heavy atom. The van der Waals surface area contributed by atoms with Crippen molar-refractivity contribution in [3.63, 3.8) is 0 Å². The van der Waals surface area contributed by atoms with Crippen LogP contribution >= 0.6 is 0 Å². The van der Waals surface area contributed by atoms with E-state index >= 15 is 0 Å². The first-order valence-corrected chi connectivity index (χ1v) is 8.07. The van der Waals surface area contributed by atoms with Gasteiger partial charge in [0, 0.05) is 18.7 Å². The molecule has 0 aliphatic rings. The number of para-hydroxylation sites is 2. The summed E-state index contributed by atoms with van der Waals surface area (Å²) in [5.41, 5.74) is 0.801. The number of nitrogens with zero attached hydrogens (tertiary/aromatic N) is 3. The Hall–Kier alpha value is -3.42. The number of amides is 1. The normalized spacial score (nSPS) is 10.5. The number of carbonyl (C=O) groups is 1. The maximum Gasteiger partial charge on any atom is 0.259 e. The predicted octanol–water partition coefficient (Wildman–Crippen LogP) is 2.11. The number of nitrogens with one attached hydrogen (secondary N) is 1. The lowest BCUT2D eigenvalue weighted by atomic mass is 10.2. The molecule has 3 rings (SSSR count). The zero-order valence-corrected chi connectivity index (χ0v) is 14.4. The summed E-state index contributed by atoms with van der Waals surface area (Å²) in [5.74, 6) is 1.07. The smallest absolute Gasteiger partial charge is 0.259 e. The Bertz CT molecular complexity index is 977. The quantitative estimate of drug-likeness (QED) is 0.728. The number of pyridine rings is 1. The molecule has 0 bridgehead atoms. The number of rotatable bonds is 6. The summed E-state index contributed by atoms with van der Waals surface area (Å²) in [7, 11) is 1.52. The van der Waals surface area contributed by atoms with Gasteiger partial charge in [-0.05, 0) is 18.2 Å². The van der Waals surface area contributed by atoms with Gasteiger partial charge in [0.25, 0.3) is 11.4 Å². The average Bonchev–Trinajstić information content (AvgIpc) is 3.13. The molecule has 2 aromatic heterocycles. The summed E-state index contributed by atoms with van der Waals surface area (Å²) in [6, 6.07) is 10.00. The van der Waals surface area contributed by atoms with Gasteiger partial charge in [-0.3, -0.25) is 9.59 Å². The van der Waals surface area contributed by atoms with Crippen LogP contribution in [0.4, 0.5) is 5.69 Å². The van der Waals surface area contributed by atoms with Crippen LogP contribution in [0.3, 0.4) is 0 Å². The third-order valence-electron chi connectivity index (χ3n) is 3.71. The van der Waals surface area contributed by atoms with E-state index in [4.69, 9.17) is 9.26 Å². The van der Waals surface area contributed by atoms with E-state index in [1.807, 2.05) is 6.92 Å². The van der Waals surface area contributed by atoms with Gasteiger partial charge in [0.2, 0.25) is 5.91 Å². The van der Waals surface area contributed by atoms with Crippen LogP contribution in [0.5, 0.6) is 5.75 Å². The van der Waals surface area contributed by atoms with Gasteiger partial charge < -0.3 is 19.1 Å². The highest BCUT2D eigenvalue weighted by Gasteiger charge is 2.12. The molecule has 0 spiro atoms. The fourth-order valence-corrected chi connectivity index (χ4v) is 2.39. The first-order chi connectivity index (χ1) is 12.6. The molecule has 0 fully saturated rings. The lowest BCUT2D eigenvalue weighted by molar-refractivity contribution is -0.116. The zero-order valence-electron chi connectivity index (χ0n) is 14.4. The molecule has 0 radical (unpaired) electrons. The fraction of sp³-hybridized carbons (Fsp3) is 0.222. The maximum absolute atomic E-state index is 12.3. The van der Waals surface area contributed by atoms with Crippen molar-refractivity contribution in [1.82, 2.24) is 14.7 Å². The fourth-order valence-electron chi connectivity index (χ4n) is 2.39. The van der Waals surface area contributed by atoms with Gasteiger partial charge in [0.15, 0.2) is 5.82 Å². The minimum Gasteiger partial charge on any atom is -0.495 e. The number of benzene rings is 1. The minimum atomic E-state index is -0.353. The number of methoxy groups -OCH3 is 1. The molecule has 1 N–H and O–H groups in total. The van der Waals surface area contributed by atoms with Crippen LogP contribution in [0.2, 0.25) is 0 Å². The van der Waals surface area contributed by atoms with Gasteiger partial charge in [-0.15, -0.1) is 0 Å².